The summed E-state index contributed by atoms with van der Waals surface area (Å²) in [6.45, 7) is -0.468. The number of imidazole rings is 1. The van der Waals surface area contributed by atoms with Gasteiger partial charge in [-0.2, -0.15) is 5.26 Å². The van der Waals surface area contributed by atoms with E-state index in [2.05, 4.69) is 9.97 Å². The van der Waals surface area contributed by atoms with Crippen molar-refractivity contribution >= 4 is 51.9 Å². The van der Waals surface area contributed by atoms with Crippen LogP contribution >= 0.6 is 23.2 Å². The molecule has 0 saturated heterocycles. The number of esters is 1. The normalized spacial score (nSPS) is 12.0. The third-order valence-corrected chi connectivity index (χ3v) is 4.47. The standard InChI is InChI=1S/C20H13Cl2N3O3/c21-14-7-5-12(9-15(14)22)6-8-19(27)28-11-18(26)13(10-23)20-24-16-3-1-2-4-17(16)25-20/h1-9,26H,11H2,(H,24,25)/b8-6?,18-13-. The number of rotatable bonds is 5. The molecule has 0 radical (unpaired) electrons. The van der Waals surface area contributed by atoms with E-state index < -0.39 is 18.3 Å². The van der Waals surface area contributed by atoms with Crippen molar-refractivity contribution in [2.45, 2.75) is 0 Å². The Balaban J connectivity index is 1.69. The largest absolute Gasteiger partial charge is 0.507 e. The number of hydrogen-bond donors (Lipinski definition) is 2. The van der Waals surface area contributed by atoms with E-state index in [9.17, 15) is 15.2 Å². The first-order valence-corrected chi connectivity index (χ1v) is 8.80. The van der Waals surface area contributed by atoms with Crippen LogP contribution < -0.4 is 0 Å². The number of hydrogen-bond acceptors (Lipinski definition) is 5. The van der Waals surface area contributed by atoms with Gasteiger partial charge in [0.05, 0.1) is 21.1 Å². The molecule has 140 valence electrons. The summed E-state index contributed by atoms with van der Waals surface area (Å²) in [4.78, 5) is 19.0. The van der Waals surface area contributed by atoms with E-state index in [0.717, 1.165) is 5.52 Å². The van der Waals surface area contributed by atoms with Gasteiger partial charge in [-0.1, -0.05) is 41.4 Å². The van der Waals surface area contributed by atoms with Crippen molar-refractivity contribution < 1.29 is 14.6 Å². The number of fused-ring (bicyclic) bond motifs is 1. The van der Waals surface area contributed by atoms with Crippen LogP contribution in [-0.4, -0.2) is 27.7 Å². The van der Waals surface area contributed by atoms with Crippen molar-refractivity contribution in [2.75, 3.05) is 6.61 Å². The molecule has 2 aromatic carbocycles. The van der Waals surface area contributed by atoms with Crippen molar-refractivity contribution in [1.29, 1.82) is 5.26 Å². The number of carbonyl (C=O) groups excluding carboxylic acids is 1. The molecule has 1 heterocycles. The first-order chi connectivity index (χ1) is 13.5. The van der Waals surface area contributed by atoms with Crippen molar-refractivity contribution in [3.8, 4) is 6.07 Å². The Morgan fingerprint density at radius 3 is 2.75 bits per heavy atom. The minimum atomic E-state index is -0.695. The lowest BCUT2D eigenvalue weighted by molar-refractivity contribution is -0.137. The zero-order valence-corrected chi connectivity index (χ0v) is 15.8. The van der Waals surface area contributed by atoms with Crippen LogP contribution in [0.5, 0.6) is 0 Å². The fourth-order valence-electron chi connectivity index (χ4n) is 2.37. The van der Waals surface area contributed by atoms with Gasteiger partial charge >= 0.3 is 5.97 Å². The van der Waals surface area contributed by atoms with E-state index in [-0.39, 0.29) is 11.4 Å². The highest BCUT2D eigenvalue weighted by molar-refractivity contribution is 6.42. The first-order valence-electron chi connectivity index (χ1n) is 8.05. The molecule has 0 fully saturated rings. The average molecular weight is 414 g/mol. The zero-order valence-electron chi connectivity index (χ0n) is 14.3. The second-order valence-corrected chi connectivity index (χ2v) is 6.47. The van der Waals surface area contributed by atoms with E-state index in [1.54, 1.807) is 30.3 Å². The maximum absolute atomic E-state index is 11.9. The Morgan fingerprint density at radius 1 is 1.25 bits per heavy atom. The number of ether oxygens (including phenoxy) is 1. The minimum absolute atomic E-state index is 0.0996. The summed E-state index contributed by atoms with van der Waals surface area (Å²) in [5.74, 6) is -0.902. The second kappa shape index (κ2) is 8.61. The number of H-pyrrole nitrogens is 1. The number of benzene rings is 2. The van der Waals surface area contributed by atoms with Gasteiger partial charge in [0.1, 0.15) is 18.2 Å². The fraction of sp³-hybridized carbons (Fsp3) is 0.0500. The number of allylic oxidation sites excluding steroid dienone is 1. The molecule has 0 aliphatic carbocycles. The summed E-state index contributed by atoms with van der Waals surface area (Å²) in [5.41, 5.74) is 1.93. The SMILES string of the molecule is N#C/C(=C(/O)COC(=O)C=Cc1ccc(Cl)c(Cl)c1)c1nc2ccccc2[nH]1. The van der Waals surface area contributed by atoms with Gasteiger partial charge in [-0.05, 0) is 35.9 Å². The van der Waals surface area contributed by atoms with Gasteiger partial charge in [0.2, 0.25) is 0 Å². The van der Waals surface area contributed by atoms with Crippen LogP contribution in [0.15, 0.2) is 54.3 Å². The molecule has 0 amide bonds. The summed E-state index contributed by atoms with van der Waals surface area (Å²) in [6, 6.07) is 14.0. The Bertz CT molecular complexity index is 1110. The number of aliphatic hydroxyl groups is 1. The Labute approximate surface area is 170 Å². The van der Waals surface area contributed by atoms with Crippen molar-refractivity contribution in [3.63, 3.8) is 0 Å². The van der Waals surface area contributed by atoms with Crippen LogP contribution in [0.2, 0.25) is 10.0 Å². The average Bonchev–Trinajstić information content (AvgIpc) is 3.11. The molecule has 0 spiro atoms. The second-order valence-electron chi connectivity index (χ2n) is 5.65. The molecule has 0 aliphatic heterocycles. The summed E-state index contributed by atoms with van der Waals surface area (Å²) in [7, 11) is 0. The number of aromatic nitrogens is 2. The third kappa shape index (κ3) is 4.52. The molecule has 1 aromatic heterocycles. The van der Waals surface area contributed by atoms with Crippen LogP contribution in [0.1, 0.15) is 11.4 Å². The number of para-hydroxylation sites is 2. The number of aliphatic hydroxyl groups excluding tert-OH is 1. The highest BCUT2D eigenvalue weighted by Crippen LogP contribution is 2.23. The molecular formula is C20H13Cl2N3O3. The number of nitrogens with zero attached hydrogens (tertiary/aromatic N) is 2. The van der Waals surface area contributed by atoms with Crippen LogP contribution in [0.4, 0.5) is 0 Å². The predicted octanol–water partition coefficient (Wildman–Crippen LogP) is 4.92. The number of nitrogens with one attached hydrogen (secondary N) is 1. The van der Waals surface area contributed by atoms with E-state index in [1.807, 2.05) is 18.2 Å². The predicted molar refractivity (Wildman–Crippen MR) is 108 cm³/mol. The molecule has 6 nitrogen and oxygen atoms in total. The van der Waals surface area contributed by atoms with Gasteiger partial charge < -0.3 is 14.8 Å². The molecule has 8 heteroatoms. The van der Waals surface area contributed by atoms with Crippen LogP contribution in [0, 0.1) is 11.3 Å². The summed E-state index contributed by atoms with van der Waals surface area (Å²) < 4.78 is 4.97. The van der Waals surface area contributed by atoms with E-state index >= 15 is 0 Å². The summed E-state index contributed by atoms with van der Waals surface area (Å²) in [5, 5.41) is 20.3. The number of aromatic amines is 1. The monoisotopic (exact) mass is 413 g/mol. The smallest absolute Gasteiger partial charge is 0.331 e. The van der Waals surface area contributed by atoms with Crippen LogP contribution in [0.25, 0.3) is 22.7 Å². The summed E-state index contributed by atoms with van der Waals surface area (Å²) in [6.07, 6.45) is 2.68. The molecule has 0 saturated carbocycles. The maximum Gasteiger partial charge on any atom is 0.331 e. The minimum Gasteiger partial charge on any atom is -0.507 e. The van der Waals surface area contributed by atoms with E-state index in [4.69, 9.17) is 27.9 Å². The maximum atomic E-state index is 11.9. The molecule has 0 bridgehead atoms. The lowest BCUT2D eigenvalue weighted by Crippen LogP contribution is -2.06. The summed E-state index contributed by atoms with van der Waals surface area (Å²) >= 11 is 11.7. The van der Waals surface area contributed by atoms with Gasteiger partial charge in [-0.25, -0.2) is 9.78 Å². The highest BCUT2D eigenvalue weighted by Gasteiger charge is 2.14. The van der Waals surface area contributed by atoms with E-state index in [1.165, 1.54) is 12.2 Å². The molecular weight excluding hydrogens is 401 g/mol. The van der Waals surface area contributed by atoms with Gasteiger partial charge in [0.15, 0.2) is 11.6 Å². The zero-order chi connectivity index (χ0) is 20.1. The lowest BCUT2D eigenvalue weighted by Gasteiger charge is -2.03. The number of halogens is 2. The third-order valence-electron chi connectivity index (χ3n) is 3.73. The van der Waals surface area contributed by atoms with E-state index in [0.29, 0.717) is 21.1 Å². The molecule has 28 heavy (non-hydrogen) atoms. The Kier molecular flexibility index (Phi) is 5.99. The topological polar surface area (TPSA) is 99.0 Å². The van der Waals surface area contributed by atoms with Crippen LogP contribution in [0.3, 0.4) is 0 Å². The van der Waals surface area contributed by atoms with Crippen molar-refractivity contribution in [2.24, 2.45) is 0 Å². The number of carbonyl (C=O) groups is 1. The molecule has 0 unspecified atom stereocenters. The molecule has 2 N–H and O–H groups in total. The molecule has 3 rings (SSSR count). The quantitative estimate of drug-likeness (QED) is 0.267. The van der Waals surface area contributed by atoms with Gasteiger partial charge in [0.25, 0.3) is 0 Å². The first kappa shape index (κ1) is 19.5. The van der Waals surface area contributed by atoms with Gasteiger partial charge in [-0.3, -0.25) is 0 Å². The lowest BCUT2D eigenvalue weighted by atomic mass is 10.2. The molecule has 3 aromatic rings. The Morgan fingerprint density at radius 2 is 2.04 bits per heavy atom. The molecule has 0 atom stereocenters. The van der Waals surface area contributed by atoms with Crippen molar-refractivity contribution in [1.82, 2.24) is 9.97 Å². The fourth-order valence-corrected chi connectivity index (χ4v) is 2.67. The highest BCUT2D eigenvalue weighted by atomic mass is 35.5. The number of nitriles is 1. The van der Waals surface area contributed by atoms with Gasteiger partial charge in [-0.15, -0.1) is 0 Å². The van der Waals surface area contributed by atoms with Crippen molar-refractivity contribution in [3.05, 3.63) is 75.7 Å². The van der Waals surface area contributed by atoms with Gasteiger partial charge in [0, 0.05) is 6.08 Å². The molecule has 0 aliphatic rings. The van der Waals surface area contributed by atoms with Crippen LogP contribution in [-0.2, 0) is 9.53 Å². The Hall–Kier alpha value is -3.27.